The summed E-state index contributed by atoms with van der Waals surface area (Å²) >= 11 is 0. The standard InChI is InChI=1S/C47H95NO3/c1-3-5-7-9-11-13-15-17-18-19-20-21-22-23-24-25-26-27-28-29-30-31-33-35-37-39-41-43-47(51)48-45(44-49)46(50)42-40-38-36-34-32-16-14-12-10-8-6-4-2/h45-46,49-50H,3-44H2,1-2H3,(H,48,51)/t45-,46+/m0/s1. The van der Waals surface area contributed by atoms with Crippen molar-refractivity contribution in [3.63, 3.8) is 0 Å². The van der Waals surface area contributed by atoms with Crippen molar-refractivity contribution in [2.75, 3.05) is 6.61 Å². The average molecular weight is 722 g/mol. The summed E-state index contributed by atoms with van der Waals surface area (Å²) in [7, 11) is 0. The van der Waals surface area contributed by atoms with E-state index in [0.29, 0.717) is 12.8 Å². The first-order chi connectivity index (χ1) is 25.2. The van der Waals surface area contributed by atoms with Crippen molar-refractivity contribution in [2.24, 2.45) is 0 Å². The summed E-state index contributed by atoms with van der Waals surface area (Å²) in [5.74, 6) is -0.0256. The molecule has 3 N–H and O–H groups in total. The van der Waals surface area contributed by atoms with Crippen LogP contribution in [0.4, 0.5) is 0 Å². The molecular weight excluding hydrogens is 627 g/mol. The van der Waals surface area contributed by atoms with Crippen LogP contribution in [0.2, 0.25) is 0 Å². The van der Waals surface area contributed by atoms with E-state index < -0.39 is 12.1 Å². The first-order valence-corrected chi connectivity index (χ1v) is 23.7. The second-order valence-electron chi connectivity index (χ2n) is 16.5. The van der Waals surface area contributed by atoms with Crippen LogP contribution in [0.1, 0.15) is 277 Å². The Morgan fingerprint density at radius 2 is 0.627 bits per heavy atom. The van der Waals surface area contributed by atoms with Gasteiger partial charge in [-0.1, -0.05) is 258 Å². The molecule has 0 aromatic rings. The maximum atomic E-state index is 12.4. The normalized spacial score (nSPS) is 12.8. The van der Waals surface area contributed by atoms with Crippen molar-refractivity contribution in [3.8, 4) is 0 Å². The Labute approximate surface area is 321 Å². The monoisotopic (exact) mass is 722 g/mol. The Balaban J connectivity index is 3.38. The van der Waals surface area contributed by atoms with E-state index >= 15 is 0 Å². The number of nitrogens with one attached hydrogen (secondary N) is 1. The molecule has 0 rings (SSSR count). The minimum Gasteiger partial charge on any atom is -0.394 e. The number of amides is 1. The van der Waals surface area contributed by atoms with Crippen LogP contribution in [0.15, 0.2) is 0 Å². The number of unbranched alkanes of at least 4 members (excludes halogenated alkanes) is 37. The average Bonchev–Trinajstić information content (AvgIpc) is 3.13. The van der Waals surface area contributed by atoms with Gasteiger partial charge in [-0.3, -0.25) is 4.79 Å². The van der Waals surface area contributed by atoms with E-state index in [2.05, 4.69) is 19.2 Å². The lowest BCUT2D eigenvalue weighted by Gasteiger charge is -2.22. The minimum atomic E-state index is -0.652. The van der Waals surface area contributed by atoms with Crippen LogP contribution in [0.3, 0.4) is 0 Å². The zero-order valence-corrected chi connectivity index (χ0v) is 35.2. The highest BCUT2D eigenvalue weighted by molar-refractivity contribution is 5.76. The molecule has 0 heterocycles. The van der Waals surface area contributed by atoms with Gasteiger partial charge < -0.3 is 15.5 Å². The lowest BCUT2D eigenvalue weighted by molar-refractivity contribution is -0.123. The molecule has 1 amide bonds. The molecular formula is C47H95NO3. The van der Waals surface area contributed by atoms with Gasteiger partial charge in [0.25, 0.3) is 0 Å². The fourth-order valence-corrected chi connectivity index (χ4v) is 7.72. The van der Waals surface area contributed by atoms with Crippen molar-refractivity contribution >= 4 is 5.91 Å². The van der Waals surface area contributed by atoms with Gasteiger partial charge >= 0.3 is 0 Å². The summed E-state index contributed by atoms with van der Waals surface area (Å²) in [4.78, 5) is 12.4. The Kier molecular flexibility index (Phi) is 43.3. The molecule has 0 aliphatic rings. The third-order valence-electron chi connectivity index (χ3n) is 11.4. The zero-order valence-electron chi connectivity index (χ0n) is 35.2. The van der Waals surface area contributed by atoms with Crippen molar-refractivity contribution in [3.05, 3.63) is 0 Å². The summed E-state index contributed by atoms with van der Waals surface area (Å²) in [5.41, 5.74) is 0. The molecule has 0 saturated heterocycles. The van der Waals surface area contributed by atoms with Crippen molar-refractivity contribution in [1.82, 2.24) is 5.32 Å². The van der Waals surface area contributed by atoms with Gasteiger partial charge in [0.05, 0.1) is 18.8 Å². The molecule has 0 radical (unpaired) electrons. The molecule has 0 spiro atoms. The van der Waals surface area contributed by atoms with E-state index in [1.807, 2.05) is 0 Å². The highest BCUT2D eigenvalue weighted by Gasteiger charge is 2.20. The fourth-order valence-electron chi connectivity index (χ4n) is 7.72. The van der Waals surface area contributed by atoms with Crippen LogP contribution in [0, 0.1) is 0 Å². The second-order valence-corrected chi connectivity index (χ2v) is 16.5. The smallest absolute Gasteiger partial charge is 0.220 e. The van der Waals surface area contributed by atoms with Crippen LogP contribution in [-0.2, 0) is 4.79 Å². The first kappa shape index (κ1) is 50.4. The third kappa shape index (κ3) is 40.4. The largest absolute Gasteiger partial charge is 0.394 e. The van der Waals surface area contributed by atoms with Crippen LogP contribution in [0.5, 0.6) is 0 Å². The molecule has 4 heteroatoms. The van der Waals surface area contributed by atoms with Crippen molar-refractivity contribution in [2.45, 2.75) is 289 Å². The van der Waals surface area contributed by atoms with Gasteiger partial charge in [0.15, 0.2) is 0 Å². The van der Waals surface area contributed by atoms with Gasteiger partial charge in [0, 0.05) is 6.42 Å². The molecule has 306 valence electrons. The van der Waals surface area contributed by atoms with Gasteiger partial charge in [-0.25, -0.2) is 0 Å². The Morgan fingerprint density at radius 1 is 0.392 bits per heavy atom. The third-order valence-corrected chi connectivity index (χ3v) is 11.4. The molecule has 0 bridgehead atoms. The molecule has 0 aromatic heterocycles. The Bertz CT molecular complexity index is 655. The van der Waals surface area contributed by atoms with Gasteiger partial charge in [-0.2, -0.15) is 0 Å². The van der Waals surface area contributed by atoms with E-state index in [-0.39, 0.29) is 12.5 Å². The zero-order chi connectivity index (χ0) is 37.1. The predicted octanol–water partition coefficient (Wildman–Crippen LogP) is 14.9. The molecule has 0 aliphatic heterocycles. The molecule has 2 atom stereocenters. The van der Waals surface area contributed by atoms with E-state index in [4.69, 9.17) is 0 Å². The van der Waals surface area contributed by atoms with Gasteiger partial charge in [-0.05, 0) is 12.8 Å². The molecule has 0 fully saturated rings. The number of carbonyl (C=O) groups excluding carboxylic acids is 1. The molecule has 0 aliphatic carbocycles. The number of aliphatic hydroxyl groups excluding tert-OH is 2. The summed E-state index contributed by atoms with van der Waals surface area (Å²) in [6, 6.07) is -0.529. The summed E-state index contributed by atoms with van der Waals surface area (Å²) in [6.45, 7) is 4.38. The number of carbonyl (C=O) groups is 1. The van der Waals surface area contributed by atoms with Gasteiger partial charge in [0.2, 0.25) is 5.91 Å². The Morgan fingerprint density at radius 3 is 0.882 bits per heavy atom. The molecule has 4 nitrogen and oxygen atoms in total. The summed E-state index contributed by atoms with van der Waals surface area (Å²) < 4.78 is 0. The molecule has 51 heavy (non-hydrogen) atoms. The van der Waals surface area contributed by atoms with E-state index in [0.717, 1.165) is 25.7 Å². The van der Waals surface area contributed by atoms with Crippen molar-refractivity contribution in [1.29, 1.82) is 0 Å². The number of rotatable bonds is 44. The predicted molar refractivity (Wildman–Crippen MR) is 226 cm³/mol. The Hall–Kier alpha value is -0.610. The van der Waals surface area contributed by atoms with E-state index in [1.165, 1.54) is 225 Å². The first-order valence-electron chi connectivity index (χ1n) is 23.7. The summed E-state index contributed by atoms with van der Waals surface area (Å²) in [6.07, 6.45) is 53.5. The van der Waals surface area contributed by atoms with E-state index in [9.17, 15) is 15.0 Å². The quantitative estimate of drug-likeness (QED) is 0.0549. The number of hydrogen-bond donors (Lipinski definition) is 3. The maximum absolute atomic E-state index is 12.4. The van der Waals surface area contributed by atoms with Crippen molar-refractivity contribution < 1.29 is 15.0 Å². The highest BCUT2D eigenvalue weighted by Crippen LogP contribution is 2.17. The topological polar surface area (TPSA) is 69.6 Å². The lowest BCUT2D eigenvalue weighted by Crippen LogP contribution is -2.45. The molecule has 0 saturated carbocycles. The van der Waals surface area contributed by atoms with E-state index in [1.54, 1.807) is 0 Å². The van der Waals surface area contributed by atoms with Crippen LogP contribution in [0.25, 0.3) is 0 Å². The van der Waals surface area contributed by atoms with Crippen LogP contribution < -0.4 is 5.32 Å². The summed E-state index contributed by atoms with van der Waals surface area (Å²) in [5, 5.41) is 23.1. The SMILES string of the molecule is CCCCCCCCCCCCCCCCCCCCCCCCCCCCCC(=O)N[C@@H](CO)[C@H](O)CCCCCCCCCCCCCC. The van der Waals surface area contributed by atoms with Crippen LogP contribution >= 0.6 is 0 Å². The highest BCUT2D eigenvalue weighted by atomic mass is 16.3. The van der Waals surface area contributed by atoms with Gasteiger partial charge in [0.1, 0.15) is 0 Å². The minimum absolute atomic E-state index is 0.0256. The van der Waals surface area contributed by atoms with Gasteiger partial charge in [-0.15, -0.1) is 0 Å². The number of aliphatic hydroxyl groups is 2. The molecule has 0 unspecified atom stereocenters. The lowest BCUT2D eigenvalue weighted by atomic mass is 10.0. The number of hydrogen-bond acceptors (Lipinski definition) is 3. The van der Waals surface area contributed by atoms with Crippen LogP contribution in [-0.4, -0.2) is 34.9 Å². The fraction of sp³-hybridized carbons (Fsp3) is 0.979. The molecule has 0 aromatic carbocycles. The second kappa shape index (κ2) is 43.8. The maximum Gasteiger partial charge on any atom is 0.220 e.